The number of aromatic nitrogens is 3. The van der Waals surface area contributed by atoms with E-state index >= 15 is 0 Å². The van der Waals surface area contributed by atoms with Gasteiger partial charge < -0.3 is 24.3 Å². The van der Waals surface area contributed by atoms with Gasteiger partial charge in [-0.15, -0.1) is 13.2 Å². The van der Waals surface area contributed by atoms with Gasteiger partial charge in [0.05, 0.1) is 24.9 Å². The highest BCUT2D eigenvalue weighted by Crippen LogP contribution is 2.44. The molecule has 12 heteroatoms. The molecule has 3 aromatic rings. The van der Waals surface area contributed by atoms with Crippen LogP contribution < -0.4 is 14.8 Å². The topological polar surface area (TPSA) is 96.7 Å². The molecule has 1 aliphatic heterocycles. The summed E-state index contributed by atoms with van der Waals surface area (Å²) in [7, 11) is 1.52. The number of aryl methyl sites for hydroxylation is 1. The number of fused-ring (bicyclic) bond motifs is 1. The highest BCUT2D eigenvalue weighted by Gasteiger charge is 2.41. The number of esters is 1. The highest BCUT2D eigenvalue weighted by atomic mass is 19.4. The van der Waals surface area contributed by atoms with Gasteiger partial charge in [-0.2, -0.15) is 4.98 Å². The zero-order valence-electron chi connectivity index (χ0n) is 23.5. The maximum atomic E-state index is 12.6. The van der Waals surface area contributed by atoms with Crippen molar-refractivity contribution in [3.8, 4) is 11.6 Å². The van der Waals surface area contributed by atoms with Crippen molar-refractivity contribution in [1.82, 2.24) is 14.5 Å². The van der Waals surface area contributed by atoms with E-state index in [4.69, 9.17) is 24.2 Å². The lowest BCUT2D eigenvalue weighted by Crippen LogP contribution is -2.45. The minimum absolute atomic E-state index is 0.0679. The van der Waals surface area contributed by atoms with E-state index in [0.717, 1.165) is 0 Å². The van der Waals surface area contributed by atoms with Crippen LogP contribution >= 0.6 is 0 Å². The molecule has 1 aromatic carbocycles. The fourth-order valence-electron chi connectivity index (χ4n) is 5.39. The first-order chi connectivity index (χ1) is 18.7. The summed E-state index contributed by atoms with van der Waals surface area (Å²) in [5, 5.41) is 3.25. The van der Waals surface area contributed by atoms with E-state index in [1.165, 1.54) is 31.4 Å². The van der Waals surface area contributed by atoms with Crippen LogP contribution in [0.3, 0.4) is 0 Å². The van der Waals surface area contributed by atoms with Crippen LogP contribution in [0.4, 0.5) is 24.8 Å². The Bertz CT molecular complexity index is 1340. The fraction of sp³-hybridized carbons (Fsp3) is 0.536. The number of hydrogen-bond donors (Lipinski definition) is 1. The van der Waals surface area contributed by atoms with Crippen LogP contribution in [-0.4, -0.2) is 51.8 Å². The number of pyridine rings is 1. The van der Waals surface area contributed by atoms with E-state index in [9.17, 15) is 18.0 Å². The number of methoxy groups -OCH3 is 1. The molecule has 2 aromatic heterocycles. The molecule has 0 amide bonds. The van der Waals surface area contributed by atoms with E-state index in [1.807, 2.05) is 38.3 Å². The Morgan fingerprint density at radius 1 is 1.12 bits per heavy atom. The average molecular weight is 565 g/mol. The molecule has 3 heterocycles. The summed E-state index contributed by atoms with van der Waals surface area (Å²) in [6.45, 7) is 10.2. The molecule has 1 fully saturated rings. The first-order valence-electron chi connectivity index (χ1n) is 13.1. The van der Waals surface area contributed by atoms with Crippen molar-refractivity contribution in [1.29, 1.82) is 0 Å². The van der Waals surface area contributed by atoms with Crippen LogP contribution in [0, 0.1) is 0 Å². The van der Waals surface area contributed by atoms with Crippen molar-refractivity contribution in [2.75, 3.05) is 19.0 Å². The number of alkyl halides is 3. The number of nitrogens with zero attached hydrogens (tertiary/aromatic N) is 3. The third-order valence-electron chi connectivity index (χ3n) is 6.52. The van der Waals surface area contributed by atoms with Crippen LogP contribution in [-0.2, 0) is 20.7 Å². The van der Waals surface area contributed by atoms with E-state index < -0.39 is 17.6 Å². The molecule has 9 nitrogen and oxygen atoms in total. The Morgan fingerprint density at radius 3 is 2.35 bits per heavy atom. The number of carbonyl (C=O) groups is 1. The van der Waals surface area contributed by atoms with Crippen LogP contribution in [0.2, 0.25) is 0 Å². The van der Waals surface area contributed by atoms with Gasteiger partial charge in [0.15, 0.2) is 5.65 Å². The minimum atomic E-state index is -4.78. The van der Waals surface area contributed by atoms with Crippen molar-refractivity contribution in [3.63, 3.8) is 0 Å². The van der Waals surface area contributed by atoms with Gasteiger partial charge in [0.2, 0.25) is 11.8 Å². The second-order valence-corrected chi connectivity index (χ2v) is 11.0. The summed E-state index contributed by atoms with van der Waals surface area (Å²) in [6.07, 6.45) is -2.91. The summed E-state index contributed by atoms with van der Waals surface area (Å²) in [6, 6.07) is 7.22. The maximum absolute atomic E-state index is 12.6. The Balaban J connectivity index is 1.76. The zero-order valence-corrected chi connectivity index (χ0v) is 23.5. The summed E-state index contributed by atoms with van der Waals surface area (Å²) < 4.78 is 60.8. The van der Waals surface area contributed by atoms with Gasteiger partial charge in [0.1, 0.15) is 11.3 Å². The number of hydrogen-bond acceptors (Lipinski definition) is 8. The third-order valence-corrected chi connectivity index (χ3v) is 6.52. The van der Waals surface area contributed by atoms with Gasteiger partial charge in [-0.25, -0.2) is 4.98 Å². The SMILES string of the molecule is CCOC(=O)CCc1cc2nc(Nc3ccc(OC(F)(F)F)cc3)n(C3CC(C)(C)OC(C)(C)C3)c2nc1OC. The molecule has 1 saturated heterocycles. The van der Waals surface area contributed by atoms with Crippen molar-refractivity contribution < 1.29 is 36.9 Å². The third kappa shape index (κ3) is 7.15. The second kappa shape index (κ2) is 11.1. The predicted octanol–water partition coefficient (Wildman–Crippen LogP) is 6.49. The first-order valence-corrected chi connectivity index (χ1v) is 13.1. The number of anilines is 2. The lowest BCUT2D eigenvalue weighted by atomic mass is 9.85. The molecule has 1 aliphatic rings. The second-order valence-electron chi connectivity index (χ2n) is 11.0. The molecule has 0 aliphatic carbocycles. The highest BCUT2D eigenvalue weighted by molar-refractivity contribution is 5.78. The quantitative estimate of drug-likeness (QED) is 0.295. The lowest BCUT2D eigenvalue weighted by Gasteiger charge is -2.45. The molecule has 218 valence electrons. The molecule has 40 heavy (non-hydrogen) atoms. The van der Waals surface area contributed by atoms with Crippen molar-refractivity contribution in [2.24, 2.45) is 0 Å². The number of halogens is 3. The van der Waals surface area contributed by atoms with Gasteiger partial charge in [0, 0.05) is 23.7 Å². The summed E-state index contributed by atoms with van der Waals surface area (Å²) >= 11 is 0. The summed E-state index contributed by atoms with van der Waals surface area (Å²) in [4.78, 5) is 21.6. The van der Waals surface area contributed by atoms with Crippen molar-refractivity contribution in [2.45, 2.75) is 83.9 Å². The van der Waals surface area contributed by atoms with Crippen molar-refractivity contribution in [3.05, 3.63) is 35.9 Å². The molecule has 0 saturated carbocycles. The van der Waals surface area contributed by atoms with E-state index in [0.29, 0.717) is 60.1 Å². The molecular formula is C28H35F3N4O5. The normalized spacial score (nSPS) is 17.0. The van der Waals surface area contributed by atoms with Gasteiger partial charge >= 0.3 is 12.3 Å². The lowest BCUT2D eigenvalue weighted by molar-refractivity contribution is -0.274. The molecule has 0 unspecified atom stereocenters. The Labute approximate surface area is 231 Å². The van der Waals surface area contributed by atoms with Crippen molar-refractivity contribution >= 4 is 28.8 Å². The minimum Gasteiger partial charge on any atom is -0.481 e. The molecule has 1 N–H and O–H groups in total. The largest absolute Gasteiger partial charge is 0.573 e. The number of imidazole rings is 1. The fourth-order valence-corrected chi connectivity index (χ4v) is 5.39. The first kappa shape index (κ1) is 29.4. The van der Waals surface area contributed by atoms with Gasteiger partial charge in [-0.3, -0.25) is 9.36 Å². The molecule has 0 bridgehead atoms. The van der Waals surface area contributed by atoms with Crippen LogP contribution in [0.15, 0.2) is 30.3 Å². The number of rotatable bonds is 9. The van der Waals surface area contributed by atoms with Gasteiger partial charge in [-0.05, 0) is 84.2 Å². The summed E-state index contributed by atoms with van der Waals surface area (Å²) in [5.41, 5.74) is 1.53. The molecule has 0 atom stereocenters. The number of ether oxygens (including phenoxy) is 4. The Morgan fingerprint density at radius 2 is 1.77 bits per heavy atom. The van der Waals surface area contributed by atoms with E-state index in [1.54, 1.807) is 6.92 Å². The maximum Gasteiger partial charge on any atom is 0.573 e. The van der Waals surface area contributed by atoms with Gasteiger partial charge in [-0.1, -0.05) is 0 Å². The number of benzene rings is 1. The van der Waals surface area contributed by atoms with E-state index in [-0.39, 0.29) is 24.2 Å². The monoisotopic (exact) mass is 564 g/mol. The molecule has 4 rings (SSSR count). The zero-order chi connectivity index (χ0) is 29.3. The standard InChI is InChI=1S/C28H35F3N4O5/c1-7-38-22(36)13-8-17-14-21-23(34-24(17)37-6)35(19-15-26(2,3)40-27(4,5)16-19)25(33-21)32-18-9-11-20(12-10-18)39-28(29,30)31/h9-12,14,19H,7-8,13,15-16H2,1-6H3,(H,32,33). The summed E-state index contributed by atoms with van der Waals surface area (Å²) in [5.74, 6) is 0.207. The van der Waals surface area contributed by atoms with Crippen LogP contribution in [0.1, 0.15) is 65.5 Å². The molecule has 0 spiro atoms. The molecular weight excluding hydrogens is 529 g/mol. The smallest absolute Gasteiger partial charge is 0.481 e. The van der Waals surface area contributed by atoms with Crippen LogP contribution in [0.5, 0.6) is 11.6 Å². The number of carbonyl (C=O) groups excluding carboxylic acids is 1. The average Bonchev–Trinajstić information content (AvgIpc) is 3.17. The molecule has 0 radical (unpaired) electrons. The number of nitrogens with one attached hydrogen (secondary N) is 1. The Hall–Kier alpha value is -3.54. The van der Waals surface area contributed by atoms with Crippen LogP contribution in [0.25, 0.3) is 11.2 Å². The van der Waals surface area contributed by atoms with E-state index in [2.05, 4.69) is 10.1 Å². The predicted molar refractivity (Wildman–Crippen MR) is 143 cm³/mol. The Kier molecular flexibility index (Phi) is 8.21. The van der Waals surface area contributed by atoms with Gasteiger partial charge in [0.25, 0.3) is 0 Å².